The topological polar surface area (TPSA) is 72.3 Å². The molecule has 0 spiro atoms. The van der Waals surface area contributed by atoms with Gasteiger partial charge in [0.25, 0.3) is 0 Å². The Morgan fingerprint density at radius 2 is 2.27 bits per heavy atom. The lowest BCUT2D eigenvalue weighted by atomic mass is 10.1. The van der Waals surface area contributed by atoms with E-state index < -0.39 is 5.97 Å². The molecule has 80 valence electrons. The smallest absolute Gasteiger partial charge is 0.311 e. The van der Waals surface area contributed by atoms with Gasteiger partial charge in [-0.15, -0.1) is 0 Å². The maximum Gasteiger partial charge on any atom is 0.311 e. The Kier molecular flexibility index (Phi) is 2.91. The Morgan fingerprint density at radius 3 is 3.07 bits per heavy atom. The number of carboxylic acids is 1. The summed E-state index contributed by atoms with van der Waals surface area (Å²) in [6, 6.07) is 0. The van der Waals surface area contributed by atoms with Crippen LogP contribution in [0.15, 0.2) is 6.20 Å². The maximum atomic E-state index is 10.5. The fourth-order valence-electron chi connectivity index (χ4n) is 1.58. The molecule has 0 saturated heterocycles. The third-order valence-electron chi connectivity index (χ3n) is 2.31. The average Bonchev–Trinajstić information content (AvgIpc) is 2.41. The number of carbonyl (C=O) groups is 1. The van der Waals surface area contributed by atoms with Gasteiger partial charge in [-0.25, -0.2) is 9.97 Å². The molecule has 15 heavy (non-hydrogen) atoms. The van der Waals surface area contributed by atoms with E-state index in [1.165, 1.54) is 0 Å². The predicted molar refractivity (Wildman–Crippen MR) is 51.6 cm³/mol. The maximum absolute atomic E-state index is 10.5. The largest absolute Gasteiger partial charge is 0.481 e. The lowest BCUT2D eigenvalue weighted by molar-refractivity contribution is -0.136. The Labute approximate surface area is 87.1 Å². The first-order chi connectivity index (χ1) is 7.25. The number of fused-ring (bicyclic) bond motifs is 1. The van der Waals surface area contributed by atoms with Crippen LogP contribution in [0.1, 0.15) is 17.1 Å². The molecule has 0 atom stereocenters. The van der Waals surface area contributed by atoms with Gasteiger partial charge in [0, 0.05) is 18.3 Å². The Morgan fingerprint density at radius 1 is 1.47 bits per heavy atom. The van der Waals surface area contributed by atoms with E-state index in [4.69, 9.17) is 9.84 Å². The van der Waals surface area contributed by atoms with Crippen LogP contribution in [0.5, 0.6) is 0 Å². The van der Waals surface area contributed by atoms with Gasteiger partial charge in [0.2, 0.25) is 0 Å². The van der Waals surface area contributed by atoms with Crippen molar-refractivity contribution in [3.8, 4) is 0 Å². The number of nitrogens with zero attached hydrogens (tertiary/aromatic N) is 2. The zero-order valence-electron chi connectivity index (χ0n) is 8.27. The Hall–Kier alpha value is -1.49. The lowest BCUT2D eigenvalue weighted by Gasteiger charge is -2.04. The summed E-state index contributed by atoms with van der Waals surface area (Å²) in [7, 11) is 0. The summed E-state index contributed by atoms with van der Waals surface area (Å²) in [5.74, 6) is -0.525. The molecule has 1 aromatic heterocycles. The molecule has 2 heterocycles. The normalized spacial score (nSPS) is 15.5. The monoisotopic (exact) mass is 208 g/mol. The number of hydrogen-bond donors (Lipinski definition) is 1. The van der Waals surface area contributed by atoms with Crippen molar-refractivity contribution < 1.29 is 14.6 Å². The van der Waals surface area contributed by atoms with Crippen molar-refractivity contribution in [3.63, 3.8) is 0 Å². The molecule has 0 unspecified atom stereocenters. The fraction of sp³-hybridized carbons (Fsp3) is 0.500. The van der Waals surface area contributed by atoms with E-state index in [-0.39, 0.29) is 6.42 Å². The minimum atomic E-state index is -0.903. The molecule has 1 aliphatic heterocycles. The second-order valence-electron chi connectivity index (χ2n) is 3.44. The molecule has 0 saturated carbocycles. The molecule has 0 aromatic carbocycles. The van der Waals surface area contributed by atoms with E-state index in [0.717, 1.165) is 24.1 Å². The van der Waals surface area contributed by atoms with Crippen LogP contribution < -0.4 is 0 Å². The van der Waals surface area contributed by atoms with Crippen molar-refractivity contribution in [2.75, 3.05) is 13.2 Å². The number of aromatic nitrogens is 2. The van der Waals surface area contributed by atoms with Gasteiger partial charge in [0.1, 0.15) is 12.2 Å². The summed E-state index contributed by atoms with van der Waals surface area (Å²) in [5.41, 5.74) is 2.00. The minimum Gasteiger partial charge on any atom is -0.481 e. The Bertz CT molecular complexity index is 379. The molecule has 0 radical (unpaired) electrons. The number of ether oxygens (including phenoxy) is 1. The SMILES string of the molecule is O=C(O)Cc1ncc2c(n1)CCOCC2. The summed E-state index contributed by atoms with van der Waals surface area (Å²) in [5, 5.41) is 8.62. The third-order valence-corrected chi connectivity index (χ3v) is 2.31. The summed E-state index contributed by atoms with van der Waals surface area (Å²) < 4.78 is 5.31. The molecule has 5 heteroatoms. The zero-order valence-corrected chi connectivity index (χ0v) is 8.27. The first kappa shape index (κ1) is 10.0. The summed E-state index contributed by atoms with van der Waals surface area (Å²) >= 11 is 0. The van der Waals surface area contributed by atoms with E-state index in [1.807, 2.05) is 0 Å². The van der Waals surface area contributed by atoms with E-state index in [2.05, 4.69) is 9.97 Å². The van der Waals surface area contributed by atoms with Crippen molar-refractivity contribution in [3.05, 3.63) is 23.3 Å². The van der Waals surface area contributed by atoms with Crippen molar-refractivity contribution >= 4 is 5.97 Å². The molecule has 1 aromatic rings. The van der Waals surface area contributed by atoms with Crippen molar-refractivity contribution in [1.29, 1.82) is 0 Å². The molecule has 0 amide bonds. The van der Waals surface area contributed by atoms with Gasteiger partial charge in [0.15, 0.2) is 0 Å². The highest BCUT2D eigenvalue weighted by Gasteiger charge is 2.12. The van der Waals surface area contributed by atoms with Crippen molar-refractivity contribution in [2.24, 2.45) is 0 Å². The van der Waals surface area contributed by atoms with Crippen LogP contribution in [-0.2, 0) is 28.8 Å². The highest BCUT2D eigenvalue weighted by molar-refractivity contribution is 5.68. The van der Waals surface area contributed by atoms with Gasteiger partial charge in [-0.05, 0) is 12.0 Å². The highest BCUT2D eigenvalue weighted by atomic mass is 16.5. The molecular formula is C10H12N2O3. The third kappa shape index (κ3) is 2.50. The van der Waals surface area contributed by atoms with E-state index in [1.54, 1.807) is 6.20 Å². The van der Waals surface area contributed by atoms with Crippen LogP contribution in [0.25, 0.3) is 0 Å². The molecule has 5 nitrogen and oxygen atoms in total. The van der Waals surface area contributed by atoms with Gasteiger partial charge < -0.3 is 9.84 Å². The number of aliphatic carboxylic acids is 1. The van der Waals surface area contributed by atoms with Crippen molar-refractivity contribution in [2.45, 2.75) is 19.3 Å². The fourth-order valence-corrected chi connectivity index (χ4v) is 1.58. The van der Waals surface area contributed by atoms with Crippen LogP contribution in [-0.4, -0.2) is 34.3 Å². The first-order valence-electron chi connectivity index (χ1n) is 4.89. The van der Waals surface area contributed by atoms with Gasteiger partial charge in [-0.1, -0.05) is 0 Å². The van der Waals surface area contributed by atoms with Gasteiger partial charge in [0.05, 0.1) is 13.2 Å². The molecule has 0 fully saturated rings. The van der Waals surface area contributed by atoms with Gasteiger partial charge in [-0.2, -0.15) is 0 Å². The standard InChI is InChI=1S/C10H12N2O3/c13-10(14)5-9-11-6-7-1-3-15-4-2-8(7)12-9/h6H,1-5H2,(H,13,14). The van der Waals surface area contributed by atoms with Crippen LogP contribution in [0, 0.1) is 0 Å². The molecule has 0 bridgehead atoms. The highest BCUT2D eigenvalue weighted by Crippen LogP contribution is 2.11. The molecule has 2 rings (SSSR count). The van der Waals surface area contributed by atoms with Crippen LogP contribution in [0.2, 0.25) is 0 Å². The molecule has 0 aliphatic carbocycles. The van der Waals surface area contributed by atoms with E-state index >= 15 is 0 Å². The van der Waals surface area contributed by atoms with Gasteiger partial charge in [-0.3, -0.25) is 4.79 Å². The van der Waals surface area contributed by atoms with E-state index in [0.29, 0.717) is 19.0 Å². The summed E-state index contributed by atoms with van der Waals surface area (Å²) in [6.45, 7) is 1.34. The number of rotatable bonds is 2. The lowest BCUT2D eigenvalue weighted by Crippen LogP contribution is -2.08. The second kappa shape index (κ2) is 4.35. The van der Waals surface area contributed by atoms with Crippen LogP contribution in [0.3, 0.4) is 0 Å². The van der Waals surface area contributed by atoms with Crippen LogP contribution >= 0.6 is 0 Å². The second-order valence-corrected chi connectivity index (χ2v) is 3.44. The average molecular weight is 208 g/mol. The van der Waals surface area contributed by atoms with E-state index in [9.17, 15) is 4.79 Å². The number of carboxylic acid groups (broad SMARTS) is 1. The van der Waals surface area contributed by atoms with Gasteiger partial charge >= 0.3 is 5.97 Å². The first-order valence-corrected chi connectivity index (χ1v) is 4.89. The molecular weight excluding hydrogens is 196 g/mol. The number of hydrogen-bond acceptors (Lipinski definition) is 4. The Balaban J connectivity index is 2.23. The molecule has 1 aliphatic rings. The predicted octanol–water partition coefficient (Wildman–Crippen LogP) is 0.219. The molecule has 1 N–H and O–H groups in total. The minimum absolute atomic E-state index is 0.117. The van der Waals surface area contributed by atoms with Crippen LogP contribution in [0.4, 0.5) is 0 Å². The summed E-state index contributed by atoms with van der Waals surface area (Å²) in [4.78, 5) is 18.8. The summed E-state index contributed by atoms with van der Waals surface area (Å²) in [6.07, 6.45) is 3.15. The zero-order chi connectivity index (χ0) is 10.7. The van der Waals surface area contributed by atoms with Crippen molar-refractivity contribution in [1.82, 2.24) is 9.97 Å². The quantitative estimate of drug-likeness (QED) is 0.752.